The van der Waals surface area contributed by atoms with Crippen molar-refractivity contribution in [3.05, 3.63) is 0 Å². The molecule has 0 aliphatic heterocycles. The van der Waals surface area contributed by atoms with Crippen LogP contribution in [0, 0.1) is 0 Å². The first-order chi connectivity index (χ1) is 9.87. The largest absolute Gasteiger partial charge is 0.468 e. The number of rotatable bonds is 5. The number of methoxy groups -OCH3 is 1. The predicted octanol–water partition coefficient (Wildman–Crippen LogP) is 4.46. The van der Waals surface area contributed by atoms with E-state index in [2.05, 4.69) is 4.74 Å². The number of halogens is 12. The van der Waals surface area contributed by atoms with Gasteiger partial charge in [-0.05, 0) is 0 Å². The molecule has 14 heteroatoms. The van der Waals surface area contributed by atoms with Gasteiger partial charge in [0.1, 0.15) is 3.92 Å². The summed E-state index contributed by atoms with van der Waals surface area (Å²) in [4.78, 5) is 10.9. The van der Waals surface area contributed by atoms with Crippen molar-refractivity contribution < 1.29 is 57.8 Å². The molecule has 2 unspecified atom stereocenters. The molecule has 0 aromatic carbocycles. The highest BCUT2D eigenvalue weighted by Gasteiger charge is 2.86. The first-order valence-electron chi connectivity index (χ1n) is 5.16. The van der Waals surface area contributed by atoms with Crippen LogP contribution < -0.4 is 0 Å². The highest BCUT2D eigenvalue weighted by Crippen LogP contribution is 2.58. The van der Waals surface area contributed by atoms with E-state index in [1.807, 2.05) is 0 Å². The molecule has 0 spiro atoms. The van der Waals surface area contributed by atoms with E-state index in [1.54, 1.807) is 0 Å². The smallest absolute Gasteiger partial charge is 0.460 e. The zero-order chi connectivity index (χ0) is 19.1. The Kier molecular flexibility index (Phi) is 6.23. The Morgan fingerprint density at radius 1 is 0.870 bits per heavy atom. The van der Waals surface area contributed by atoms with Crippen molar-refractivity contribution in [3.63, 3.8) is 0 Å². The van der Waals surface area contributed by atoms with Gasteiger partial charge in [-0.2, -0.15) is 43.9 Å². The predicted molar refractivity (Wildman–Crippen MR) is 60.3 cm³/mol. The van der Waals surface area contributed by atoms with Gasteiger partial charge < -0.3 is 4.74 Å². The number of alkyl halides is 12. The van der Waals surface area contributed by atoms with Crippen LogP contribution in [0.4, 0.5) is 48.3 Å². The molecule has 0 saturated heterocycles. The molecule has 0 rings (SSSR count). The average Bonchev–Trinajstić information content (AvgIpc) is 2.34. The van der Waals surface area contributed by atoms with E-state index >= 15 is 0 Å². The van der Waals surface area contributed by atoms with Crippen LogP contribution in [0.1, 0.15) is 6.42 Å². The van der Waals surface area contributed by atoms with Crippen LogP contribution in [0.3, 0.4) is 0 Å². The van der Waals surface area contributed by atoms with E-state index in [4.69, 9.17) is 0 Å². The van der Waals surface area contributed by atoms with E-state index in [1.165, 1.54) is 0 Å². The summed E-state index contributed by atoms with van der Waals surface area (Å²) in [5, 5.41) is 0. The lowest BCUT2D eigenvalue weighted by molar-refractivity contribution is -0.411. The lowest BCUT2D eigenvalue weighted by Crippen LogP contribution is -2.68. The van der Waals surface area contributed by atoms with Gasteiger partial charge in [0.25, 0.3) is 5.67 Å². The minimum atomic E-state index is -7.34. The molecule has 0 aromatic rings. The van der Waals surface area contributed by atoms with E-state index < -0.39 is 46.2 Å². The van der Waals surface area contributed by atoms with E-state index in [0.717, 1.165) is 0 Å². The SMILES string of the molecule is COC(=O)C(I)CC(F)(C(F)(F)F)C(F)(F)C(F)(F)C(F)(F)F. The number of carbonyl (C=O) groups excluding carboxylic acids is 1. The van der Waals surface area contributed by atoms with Crippen LogP contribution in [0.25, 0.3) is 0 Å². The van der Waals surface area contributed by atoms with Crippen LogP contribution in [0.2, 0.25) is 0 Å². The van der Waals surface area contributed by atoms with Gasteiger partial charge in [-0.15, -0.1) is 0 Å². The molecule has 2 atom stereocenters. The summed E-state index contributed by atoms with van der Waals surface area (Å²) >= 11 is 0.648. The van der Waals surface area contributed by atoms with Gasteiger partial charge in [0.05, 0.1) is 7.11 Å². The van der Waals surface area contributed by atoms with E-state index in [9.17, 15) is 53.1 Å². The number of hydrogen-bond donors (Lipinski definition) is 0. The van der Waals surface area contributed by atoms with Crippen LogP contribution in [-0.2, 0) is 9.53 Å². The number of ether oxygens (including phenoxy) is 1. The summed E-state index contributed by atoms with van der Waals surface area (Å²) in [6.07, 6.45) is -16.7. The average molecular weight is 482 g/mol. The van der Waals surface area contributed by atoms with Gasteiger partial charge in [0, 0.05) is 6.42 Å². The second-order valence-corrected chi connectivity index (χ2v) is 5.64. The highest BCUT2D eigenvalue weighted by molar-refractivity contribution is 14.1. The van der Waals surface area contributed by atoms with Crippen molar-refractivity contribution in [1.29, 1.82) is 0 Å². The lowest BCUT2D eigenvalue weighted by atomic mass is 9.87. The normalized spacial score (nSPS) is 18.3. The fourth-order valence-corrected chi connectivity index (χ4v) is 2.17. The summed E-state index contributed by atoms with van der Waals surface area (Å²) in [5.41, 5.74) is -6.33. The molecule has 0 aromatic heterocycles. The molecular weight excluding hydrogens is 476 g/mol. The van der Waals surface area contributed by atoms with Crippen LogP contribution in [-0.4, -0.2) is 46.9 Å². The number of esters is 1. The fourth-order valence-electron chi connectivity index (χ4n) is 1.31. The Labute approximate surface area is 134 Å². The van der Waals surface area contributed by atoms with Crippen molar-refractivity contribution in [2.45, 2.75) is 40.2 Å². The Balaban J connectivity index is 6.15. The zero-order valence-electron chi connectivity index (χ0n) is 10.6. The van der Waals surface area contributed by atoms with Crippen LogP contribution in [0.15, 0.2) is 0 Å². The lowest BCUT2D eigenvalue weighted by Gasteiger charge is -2.39. The Bertz CT molecular complexity index is 444. The van der Waals surface area contributed by atoms with Crippen molar-refractivity contribution in [2.24, 2.45) is 0 Å². The van der Waals surface area contributed by atoms with Gasteiger partial charge in [0.15, 0.2) is 0 Å². The summed E-state index contributed by atoms with van der Waals surface area (Å²) < 4.78 is 141. The van der Waals surface area contributed by atoms with Crippen LogP contribution in [0.5, 0.6) is 0 Å². The van der Waals surface area contributed by atoms with E-state index in [0.29, 0.717) is 29.7 Å². The number of carbonyl (C=O) groups is 1. The van der Waals surface area contributed by atoms with Crippen molar-refractivity contribution in [2.75, 3.05) is 7.11 Å². The molecule has 0 radical (unpaired) electrons. The minimum absolute atomic E-state index is 0.559. The molecule has 138 valence electrons. The third kappa shape index (κ3) is 3.75. The molecule has 0 bridgehead atoms. The Hall–Kier alpha value is -0.570. The molecular formula is C9H6F11IO2. The van der Waals surface area contributed by atoms with Crippen LogP contribution >= 0.6 is 22.6 Å². The van der Waals surface area contributed by atoms with Gasteiger partial charge in [-0.3, -0.25) is 4.79 Å². The molecule has 0 fully saturated rings. The van der Waals surface area contributed by atoms with Gasteiger partial charge >= 0.3 is 30.2 Å². The van der Waals surface area contributed by atoms with Crippen molar-refractivity contribution >= 4 is 28.6 Å². The topological polar surface area (TPSA) is 26.3 Å². The summed E-state index contributed by atoms with van der Waals surface area (Å²) in [7, 11) is 0.559. The maximum Gasteiger partial charge on any atom is 0.460 e. The molecule has 0 saturated carbocycles. The first kappa shape index (κ1) is 22.4. The molecule has 23 heavy (non-hydrogen) atoms. The molecule has 0 amide bonds. The monoisotopic (exact) mass is 482 g/mol. The fraction of sp³-hybridized carbons (Fsp3) is 0.889. The standard InChI is InChI=1S/C9H6F11IO2/c1-23-4(22)3(21)2-5(10,8(15,16)17)6(11,12)7(13,14)9(18,19)20/h3H,2H2,1H3. The van der Waals surface area contributed by atoms with Crippen molar-refractivity contribution in [3.8, 4) is 0 Å². The number of hydrogen-bond acceptors (Lipinski definition) is 2. The summed E-state index contributed by atoms with van der Waals surface area (Å²) in [5.74, 6) is -16.3. The summed E-state index contributed by atoms with van der Waals surface area (Å²) in [6.45, 7) is 0. The minimum Gasteiger partial charge on any atom is -0.468 e. The zero-order valence-corrected chi connectivity index (χ0v) is 12.8. The second kappa shape index (κ2) is 6.38. The third-order valence-corrected chi connectivity index (χ3v) is 3.56. The van der Waals surface area contributed by atoms with Gasteiger partial charge in [0.2, 0.25) is 0 Å². The highest BCUT2D eigenvalue weighted by atomic mass is 127. The molecule has 0 heterocycles. The first-order valence-corrected chi connectivity index (χ1v) is 6.41. The van der Waals surface area contributed by atoms with Crippen molar-refractivity contribution in [1.82, 2.24) is 0 Å². The third-order valence-electron chi connectivity index (χ3n) is 2.61. The molecule has 0 aliphatic carbocycles. The van der Waals surface area contributed by atoms with E-state index in [-0.39, 0.29) is 0 Å². The maximum atomic E-state index is 13.8. The quantitative estimate of drug-likeness (QED) is 0.251. The Morgan fingerprint density at radius 3 is 1.52 bits per heavy atom. The van der Waals surface area contributed by atoms with Gasteiger partial charge in [-0.1, -0.05) is 22.6 Å². The van der Waals surface area contributed by atoms with Gasteiger partial charge in [-0.25, -0.2) is 4.39 Å². The maximum absolute atomic E-state index is 13.8. The second-order valence-electron chi connectivity index (χ2n) is 4.14. The molecule has 0 N–H and O–H groups in total. The molecule has 2 nitrogen and oxygen atoms in total. The molecule has 0 aliphatic rings. The Morgan fingerprint density at radius 2 is 1.26 bits per heavy atom. The summed E-state index contributed by atoms with van der Waals surface area (Å²) in [6, 6.07) is 0.